The highest BCUT2D eigenvalue weighted by atomic mass is 32.2. The van der Waals surface area contributed by atoms with Crippen LogP contribution in [-0.2, 0) is 19.6 Å². The van der Waals surface area contributed by atoms with Crippen LogP contribution in [-0.4, -0.2) is 44.2 Å². The molecule has 9 heteroatoms. The third kappa shape index (κ3) is 5.25. The molecule has 1 aliphatic rings. The van der Waals surface area contributed by atoms with Crippen molar-refractivity contribution in [2.24, 2.45) is 5.92 Å². The molecule has 0 saturated carbocycles. The predicted molar refractivity (Wildman–Crippen MR) is 125 cm³/mol. The van der Waals surface area contributed by atoms with Gasteiger partial charge in [0.1, 0.15) is 5.82 Å². The van der Waals surface area contributed by atoms with Crippen LogP contribution in [0.4, 0.5) is 10.1 Å². The van der Waals surface area contributed by atoms with E-state index in [1.165, 1.54) is 27.4 Å². The Balaban J connectivity index is 1.66. The Morgan fingerprint density at radius 1 is 1.18 bits per heavy atom. The van der Waals surface area contributed by atoms with Crippen LogP contribution in [0, 0.1) is 18.7 Å². The first-order valence-corrected chi connectivity index (χ1v) is 12.5. The SMILES string of the molecule is CCN(CC)S(=O)(=O)c1ccc(C(C)NC(=O)C2CC(=O)N(c3ccc(C)cc3F)C2)cc1. The van der Waals surface area contributed by atoms with Gasteiger partial charge in [-0.2, -0.15) is 4.31 Å². The number of anilines is 1. The molecule has 0 spiro atoms. The van der Waals surface area contributed by atoms with E-state index in [0.717, 1.165) is 11.1 Å². The summed E-state index contributed by atoms with van der Waals surface area (Å²) in [5.41, 5.74) is 1.67. The fraction of sp³-hybridized carbons (Fsp3) is 0.417. The number of amides is 2. The quantitative estimate of drug-likeness (QED) is 0.634. The smallest absolute Gasteiger partial charge is 0.243 e. The number of nitrogens with one attached hydrogen (secondary N) is 1. The van der Waals surface area contributed by atoms with Crippen molar-refractivity contribution in [1.82, 2.24) is 9.62 Å². The van der Waals surface area contributed by atoms with E-state index < -0.39 is 21.8 Å². The molecule has 2 aromatic rings. The Labute approximate surface area is 194 Å². The Hall–Kier alpha value is -2.78. The summed E-state index contributed by atoms with van der Waals surface area (Å²) >= 11 is 0. The van der Waals surface area contributed by atoms with E-state index in [1.54, 1.807) is 52.0 Å². The zero-order valence-corrected chi connectivity index (χ0v) is 20.2. The molecular formula is C24H30FN3O4S. The number of sulfonamides is 1. The van der Waals surface area contributed by atoms with Crippen molar-refractivity contribution < 1.29 is 22.4 Å². The number of benzene rings is 2. The lowest BCUT2D eigenvalue weighted by atomic mass is 10.1. The summed E-state index contributed by atoms with van der Waals surface area (Å²) in [6.07, 6.45) is 0.00687. The zero-order valence-electron chi connectivity index (χ0n) is 19.3. The van der Waals surface area contributed by atoms with Crippen molar-refractivity contribution in [3.8, 4) is 0 Å². The fourth-order valence-electron chi connectivity index (χ4n) is 4.00. The van der Waals surface area contributed by atoms with Gasteiger partial charge in [0.05, 0.1) is 22.5 Å². The van der Waals surface area contributed by atoms with E-state index in [1.807, 2.05) is 0 Å². The summed E-state index contributed by atoms with van der Waals surface area (Å²) in [5, 5.41) is 2.89. The molecule has 0 aromatic heterocycles. The number of nitrogens with zero attached hydrogens (tertiary/aromatic N) is 2. The van der Waals surface area contributed by atoms with Gasteiger partial charge in [0.15, 0.2) is 0 Å². The molecule has 178 valence electrons. The Bertz CT molecular complexity index is 1130. The van der Waals surface area contributed by atoms with E-state index in [9.17, 15) is 22.4 Å². The lowest BCUT2D eigenvalue weighted by Gasteiger charge is -2.20. The van der Waals surface area contributed by atoms with Crippen LogP contribution in [0.25, 0.3) is 0 Å². The number of carbonyl (C=O) groups is 2. The molecule has 1 fully saturated rings. The normalized spacial score (nSPS) is 17.5. The Morgan fingerprint density at radius 2 is 1.82 bits per heavy atom. The number of hydrogen-bond acceptors (Lipinski definition) is 4. The number of carbonyl (C=O) groups excluding carboxylic acids is 2. The van der Waals surface area contributed by atoms with Crippen molar-refractivity contribution in [2.75, 3.05) is 24.5 Å². The van der Waals surface area contributed by atoms with E-state index in [4.69, 9.17) is 0 Å². The maximum absolute atomic E-state index is 14.3. The van der Waals surface area contributed by atoms with Gasteiger partial charge >= 0.3 is 0 Å². The minimum atomic E-state index is -3.55. The molecule has 1 N–H and O–H groups in total. The number of aryl methyl sites for hydroxylation is 1. The maximum atomic E-state index is 14.3. The molecule has 0 bridgehead atoms. The second-order valence-electron chi connectivity index (χ2n) is 8.25. The van der Waals surface area contributed by atoms with E-state index in [0.29, 0.717) is 13.1 Å². The minimum absolute atomic E-state index is 0.00687. The van der Waals surface area contributed by atoms with Gasteiger partial charge in [-0.05, 0) is 49.2 Å². The van der Waals surface area contributed by atoms with Gasteiger partial charge in [0, 0.05) is 26.1 Å². The number of hydrogen-bond donors (Lipinski definition) is 1. The van der Waals surface area contributed by atoms with Crippen LogP contribution >= 0.6 is 0 Å². The van der Waals surface area contributed by atoms with Crippen LogP contribution in [0.1, 0.15) is 44.4 Å². The highest BCUT2D eigenvalue weighted by Crippen LogP contribution is 2.29. The summed E-state index contributed by atoms with van der Waals surface area (Å²) in [4.78, 5) is 26.8. The van der Waals surface area contributed by atoms with E-state index >= 15 is 0 Å². The molecule has 2 unspecified atom stereocenters. The third-order valence-corrected chi connectivity index (χ3v) is 8.04. The molecule has 2 atom stereocenters. The summed E-state index contributed by atoms with van der Waals surface area (Å²) in [5.74, 6) is -1.68. The van der Waals surface area contributed by atoms with Gasteiger partial charge in [-0.3, -0.25) is 9.59 Å². The molecule has 7 nitrogen and oxygen atoms in total. The van der Waals surface area contributed by atoms with Gasteiger partial charge in [-0.1, -0.05) is 32.0 Å². The molecule has 3 rings (SSSR count). The average Bonchev–Trinajstić information content (AvgIpc) is 3.16. The largest absolute Gasteiger partial charge is 0.349 e. The maximum Gasteiger partial charge on any atom is 0.243 e. The predicted octanol–water partition coefficient (Wildman–Crippen LogP) is 3.39. The van der Waals surface area contributed by atoms with Gasteiger partial charge in [0.25, 0.3) is 0 Å². The number of halogens is 1. The molecule has 2 aromatic carbocycles. The second-order valence-corrected chi connectivity index (χ2v) is 10.2. The highest BCUT2D eigenvalue weighted by molar-refractivity contribution is 7.89. The van der Waals surface area contributed by atoms with Gasteiger partial charge in [-0.25, -0.2) is 12.8 Å². The first-order valence-electron chi connectivity index (χ1n) is 11.1. The van der Waals surface area contributed by atoms with E-state index in [2.05, 4.69) is 5.32 Å². The first kappa shape index (κ1) is 24.9. The Kier molecular flexibility index (Phi) is 7.54. The van der Waals surface area contributed by atoms with Crippen molar-refractivity contribution >= 4 is 27.5 Å². The molecule has 1 aliphatic heterocycles. The molecule has 0 aliphatic carbocycles. The molecule has 1 saturated heterocycles. The third-order valence-electron chi connectivity index (χ3n) is 5.97. The van der Waals surface area contributed by atoms with Crippen LogP contribution in [0.15, 0.2) is 47.4 Å². The summed E-state index contributed by atoms with van der Waals surface area (Å²) in [6.45, 7) is 8.01. The Morgan fingerprint density at radius 3 is 2.39 bits per heavy atom. The summed E-state index contributed by atoms with van der Waals surface area (Å²) in [7, 11) is -3.55. The average molecular weight is 476 g/mol. The lowest BCUT2D eigenvalue weighted by Crippen LogP contribution is -2.34. The van der Waals surface area contributed by atoms with Crippen LogP contribution < -0.4 is 10.2 Å². The second kappa shape index (κ2) is 10.0. The minimum Gasteiger partial charge on any atom is -0.349 e. The molecule has 0 radical (unpaired) electrons. The van der Waals surface area contributed by atoms with Crippen molar-refractivity contribution in [1.29, 1.82) is 0 Å². The van der Waals surface area contributed by atoms with Crippen molar-refractivity contribution in [3.05, 3.63) is 59.4 Å². The zero-order chi connectivity index (χ0) is 24.3. The fourth-order valence-corrected chi connectivity index (χ4v) is 5.46. The molecule has 2 amide bonds. The van der Waals surface area contributed by atoms with Crippen LogP contribution in [0.3, 0.4) is 0 Å². The van der Waals surface area contributed by atoms with Crippen LogP contribution in [0.2, 0.25) is 0 Å². The standard InChI is InChI=1S/C24H30FN3O4S/c1-5-27(6-2)33(31,32)20-10-8-18(9-11-20)17(4)26-24(30)19-14-23(29)28(15-19)22-12-7-16(3)13-21(22)25/h7-13,17,19H,5-6,14-15H2,1-4H3,(H,26,30). The topological polar surface area (TPSA) is 86.8 Å². The first-order chi connectivity index (χ1) is 15.6. The number of rotatable bonds is 8. The monoisotopic (exact) mass is 475 g/mol. The summed E-state index contributed by atoms with van der Waals surface area (Å²) in [6, 6.07) is 10.7. The van der Waals surface area contributed by atoms with E-state index in [-0.39, 0.29) is 41.4 Å². The van der Waals surface area contributed by atoms with Gasteiger partial charge in [-0.15, -0.1) is 0 Å². The lowest BCUT2D eigenvalue weighted by molar-refractivity contribution is -0.126. The molecular weight excluding hydrogens is 445 g/mol. The van der Waals surface area contributed by atoms with Crippen LogP contribution in [0.5, 0.6) is 0 Å². The van der Waals surface area contributed by atoms with Crippen molar-refractivity contribution in [2.45, 2.75) is 45.1 Å². The molecule has 33 heavy (non-hydrogen) atoms. The van der Waals surface area contributed by atoms with Crippen molar-refractivity contribution in [3.63, 3.8) is 0 Å². The summed E-state index contributed by atoms with van der Waals surface area (Å²) < 4.78 is 41.0. The van der Waals surface area contributed by atoms with Gasteiger partial charge < -0.3 is 10.2 Å². The molecule has 1 heterocycles. The highest BCUT2D eigenvalue weighted by Gasteiger charge is 2.36. The van der Waals surface area contributed by atoms with Gasteiger partial charge in [0.2, 0.25) is 21.8 Å².